The lowest BCUT2D eigenvalue weighted by Crippen LogP contribution is -2.32. The number of amides is 1. The van der Waals surface area contributed by atoms with Gasteiger partial charge in [-0.05, 0) is 78.2 Å². The van der Waals surface area contributed by atoms with Crippen molar-refractivity contribution in [2.75, 3.05) is 33.8 Å². The number of carbonyl (C=O) groups excluding carboxylic acids is 2. The van der Waals surface area contributed by atoms with Crippen LogP contribution in [0.15, 0.2) is 54.1 Å². The maximum absolute atomic E-state index is 13.2. The Hall–Kier alpha value is -3.32. The van der Waals surface area contributed by atoms with Crippen LogP contribution in [0.25, 0.3) is 5.76 Å². The quantitative estimate of drug-likeness (QED) is 0.320. The van der Waals surface area contributed by atoms with Crippen molar-refractivity contribution in [3.05, 3.63) is 65.2 Å². The van der Waals surface area contributed by atoms with Crippen LogP contribution < -0.4 is 9.47 Å². The molecule has 182 valence electrons. The second kappa shape index (κ2) is 11.2. The molecule has 34 heavy (non-hydrogen) atoms. The lowest BCUT2D eigenvalue weighted by Gasteiger charge is -2.27. The number of ether oxygens (including phenoxy) is 2. The molecule has 7 heteroatoms. The van der Waals surface area contributed by atoms with Gasteiger partial charge in [0.25, 0.3) is 11.7 Å². The van der Waals surface area contributed by atoms with Crippen molar-refractivity contribution in [1.82, 2.24) is 9.80 Å². The summed E-state index contributed by atoms with van der Waals surface area (Å²) in [6.07, 6.45) is 0.705. The van der Waals surface area contributed by atoms with Crippen molar-refractivity contribution in [3.8, 4) is 11.5 Å². The van der Waals surface area contributed by atoms with Crippen LogP contribution in [0.1, 0.15) is 44.4 Å². The van der Waals surface area contributed by atoms with Crippen LogP contribution in [0, 0.1) is 0 Å². The molecule has 0 spiro atoms. The molecule has 1 N–H and O–H groups in total. The molecule has 2 aromatic rings. The summed E-state index contributed by atoms with van der Waals surface area (Å²) in [6.45, 7) is 7.33. The van der Waals surface area contributed by atoms with E-state index in [1.807, 2.05) is 64.0 Å². The van der Waals surface area contributed by atoms with E-state index in [2.05, 4.69) is 0 Å². The van der Waals surface area contributed by atoms with Crippen LogP contribution >= 0.6 is 0 Å². The largest absolute Gasteiger partial charge is 0.507 e. The monoisotopic (exact) mass is 466 g/mol. The number of Topliss-reactive ketones (excluding diaryl/α,β-unsaturated/α-hetero) is 1. The Morgan fingerprint density at radius 1 is 1.09 bits per heavy atom. The van der Waals surface area contributed by atoms with Gasteiger partial charge in [0.15, 0.2) is 0 Å². The first-order valence-corrected chi connectivity index (χ1v) is 11.7. The minimum atomic E-state index is -0.739. The number of para-hydroxylation sites is 1. The zero-order valence-corrected chi connectivity index (χ0v) is 20.6. The molecule has 0 aliphatic carbocycles. The maximum Gasteiger partial charge on any atom is 0.295 e. The average molecular weight is 467 g/mol. The van der Waals surface area contributed by atoms with Gasteiger partial charge in [-0.15, -0.1) is 0 Å². The van der Waals surface area contributed by atoms with E-state index in [9.17, 15) is 14.7 Å². The zero-order chi connectivity index (χ0) is 24.8. The topological polar surface area (TPSA) is 79.3 Å². The van der Waals surface area contributed by atoms with Crippen molar-refractivity contribution < 1.29 is 24.2 Å². The fourth-order valence-electron chi connectivity index (χ4n) is 4.10. The Bertz CT molecular complexity index is 1040. The molecule has 1 aliphatic heterocycles. The van der Waals surface area contributed by atoms with Gasteiger partial charge in [-0.1, -0.05) is 18.2 Å². The lowest BCUT2D eigenvalue weighted by molar-refractivity contribution is -0.140. The zero-order valence-electron chi connectivity index (χ0n) is 20.6. The number of carbonyl (C=O) groups is 2. The Labute approximate surface area is 201 Å². The van der Waals surface area contributed by atoms with E-state index in [-0.39, 0.29) is 17.4 Å². The van der Waals surface area contributed by atoms with Crippen molar-refractivity contribution >= 4 is 17.4 Å². The van der Waals surface area contributed by atoms with E-state index in [1.54, 1.807) is 29.2 Å². The predicted octanol–water partition coefficient (Wildman–Crippen LogP) is 4.25. The summed E-state index contributed by atoms with van der Waals surface area (Å²) in [5.41, 5.74) is 1.19. The third-order valence-electron chi connectivity index (χ3n) is 5.56. The smallest absolute Gasteiger partial charge is 0.295 e. The van der Waals surface area contributed by atoms with Gasteiger partial charge in [0.2, 0.25) is 0 Å². The number of likely N-dealkylation sites (tertiary alicyclic amines) is 1. The molecule has 0 unspecified atom stereocenters. The molecule has 0 bridgehead atoms. The number of aliphatic hydroxyl groups excluding tert-OH is 1. The van der Waals surface area contributed by atoms with E-state index in [0.29, 0.717) is 42.2 Å². The highest BCUT2D eigenvalue weighted by atomic mass is 16.5. The van der Waals surface area contributed by atoms with Gasteiger partial charge in [0, 0.05) is 17.7 Å². The van der Waals surface area contributed by atoms with Crippen LogP contribution in [0.2, 0.25) is 0 Å². The molecule has 1 atom stereocenters. The molecule has 1 saturated heterocycles. The maximum atomic E-state index is 13.2. The van der Waals surface area contributed by atoms with Gasteiger partial charge in [-0.2, -0.15) is 0 Å². The van der Waals surface area contributed by atoms with Gasteiger partial charge in [-0.3, -0.25) is 9.59 Å². The third-order valence-corrected chi connectivity index (χ3v) is 5.56. The van der Waals surface area contributed by atoms with Crippen molar-refractivity contribution in [3.63, 3.8) is 0 Å². The molecule has 2 aromatic carbocycles. The number of ketones is 1. The summed E-state index contributed by atoms with van der Waals surface area (Å²) in [5, 5.41) is 11.3. The number of nitrogens with zero attached hydrogens (tertiary/aromatic N) is 2. The summed E-state index contributed by atoms with van der Waals surface area (Å²) < 4.78 is 11.5. The summed E-state index contributed by atoms with van der Waals surface area (Å²) in [7, 11) is 3.92. The minimum Gasteiger partial charge on any atom is -0.507 e. The third kappa shape index (κ3) is 5.59. The summed E-state index contributed by atoms with van der Waals surface area (Å²) in [4.78, 5) is 29.9. The van der Waals surface area contributed by atoms with Crippen LogP contribution in [-0.4, -0.2) is 66.5 Å². The first-order valence-electron chi connectivity index (χ1n) is 11.7. The second-order valence-corrected chi connectivity index (χ2v) is 8.81. The summed E-state index contributed by atoms with van der Waals surface area (Å²) in [6, 6.07) is 13.5. The predicted molar refractivity (Wildman–Crippen MR) is 132 cm³/mol. The van der Waals surface area contributed by atoms with E-state index < -0.39 is 17.7 Å². The van der Waals surface area contributed by atoms with E-state index in [0.717, 1.165) is 6.54 Å². The van der Waals surface area contributed by atoms with Crippen LogP contribution in [0.5, 0.6) is 11.5 Å². The van der Waals surface area contributed by atoms with Gasteiger partial charge in [0.1, 0.15) is 17.3 Å². The van der Waals surface area contributed by atoms with Gasteiger partial charge in [0.05, 0.1) is 24.3 Å². The standard InChI is InChI=1S/C27H34N2O5/c1-6-33-22-11-8-7-10-21(22)24-23(26(31)27(32)29(24)17-9-16-28(4)5)25(30)19-12-14-20(15-13-19)34-18(2)3/h7-8,10-15,18,24,30H,6,9,16-17H2,1-5H3/t24-/m1/s1. The average Bonchev–Trinajstić information content (AvgIpc) is 3.04. The van der Waals surface area contributed by atoms with Crippen molar-refractivity contribution in [2.24, 2.45) is 0 Å². The Morgan fingerprint density at radius 3 is 2.38 bits per heavy atom. The Balaban J connectivity index is 2.09. The van der Waals surface area contributed by atoms with E-state index in [1.165, 1.54) is 0 Å². The number of hydrogen-bond acceptors (Lipinski definition) is 6. The van der Waals surface area contributed by atoms with E-state index in [4.69, 9.17) is 9.47 Å². The van der Waals surface area contributed by atoms with E-state index >= 15 is 0 Å². The molecule has 1 fully saturated rings. The first-order chi connectivity index (χ1) is 16.2. The molecule has 0 radical (unpaired) electrons. The number of aliphatic hydroxyl groups is 1. The summed E-state index contributed by atoms with van der Waals surface area (Å²) >= 11 is 0. The fourth-order valence-corrected chi connectivity index (χ4v) is 4.10. The molecule has 1 amide bonds. The molecule has 7 nitrogen and oxygen atoms in total. The highest BCUT2D eigenvalue weighted by molar-refractivity contribution is 6.46. The number of rotatable bonds is 10. The van der Waals surface area contributed by atoms with Crippen molar-refractivity contribution in [2.45, 2.75) is 39.3 Å². The normalized spacial score (nSPS) is 17.6. The van der Waals surface area contributed by atoms with Crippen molar-refractivity contribution in [1.29, 1.82) is 0 Å². The molecular formula is C27H34N2O5. The molecule has 1 aliphatic rings. The fraction of sp³-hybridized carbons (Fsp3) is 0.407. The minimum absolute atomic E-state index is 0.0157. The molecular weight excluding hydrogens is 432 g/mol. The van der Waals surface area contributed by atoms with Crippen LogP contribution in [-0.2, 0) is 9.59 Å². The van der Waals surface area contributed by atoms with Crippen LogP contribution in [0.4, 0.5) is 0 Å². The lowest BCUT2D eigenvalue weighted by atomic mass is 9.94. The molecule has 1 heterocycles. The number of benzene rings is 2. The second-order valence-electron chi connectivity index (χ2n) is 8.81. The Kier molecular flexibility index (Phi) is 8.34. The molecule has 3 rings (SSSR count). The highest BCUT2D eigenvalue weighted by Crippen LogP contribution is 2.42. The molecule has 0 saturated carbocycles. The van der Waals surface area contributed by atoms with Gasteiger partial charge in [-0.25, -0.2) is 0 Å². The highest BCUT2D eigenvalue weighted by Gasteiger charge is 2.46. The SMILES string of the molecule is CCOc1ccccc1[C@@H]1C(=C(O)c2ccc(OC(C)C)cc2)C(=O)C(=O)N1CCCN(C)C. The van der Waals surface area contributed by atoms with Crippen LogP contribution in [0.3, 0.4) is 0 Å². The van der Waals surface area contributed by atoms with Gasteiger partial charge >= 0.3 is 0 Å². The Morgan fingerprint density at radius 2 is 1.76 bits per heavy atom. The van der Waals surface area contributed by atoms with Gasteiger partial charge < -0.3 is 24.4 Å². The summed E-state index contributed by atoms with van der Waals surface area (Å²) in [5.74, 6) is -0.270. The first kappa shape index (κ1) is 25.3. The molecule has 0 aromatic heterocycles. The number of hydrogen-bond donors (Lipinski definition) is 1.